The van der Waals surface area contributed by atoms with E-state index in [0.717, 1.165) is 38.5 Å². The molecule has 0 aromatic heterocycles. The molecule has 0 bridgehead atoms. The Labute approximate surface area is 118 Å². The van der Waals surface area contributed by atoms with Crippen LogP contribution in [0, 0.1) is 10.8 Å². The molecule has 1 N–H and O–H groups in total. The highest BCUT2D eigenvalue weighted by Gasteiger charge is 2.55. The Kier molecular flexibility index (Phi) is 3.10. The van der Waals surface area contributed by atoms with Gasteiger partial charge in [-0.05, 0) is 25.7 Å². The lowest BCUT2D eigenvalue weighted by Crippen LogP contribution is -2.50. The lowest BCUT2D eigenvalue weighted by atomic mass is 9.68. The summed E-state index contributed by atoms with van der Waals surface area (Å²) in [6.45, 7) is 0.0851. The van der Waals surface area contributed by atoms with Gasteiger partial charge in [0, 0.05) is 13.0 Å². The molecular formula is C15H21NO4. The molecule has 3 rings (SSSR count). The Balaban J connectivity index is 1.79. The molecule has 5 heteroatoms. The number of likely N-dealkylation sites (tertiary alicyclic amines) is 1. The van der Waals surface area contributed by atoms with Crippen molar-refractivity contribution >= 4 is 17.8 Å². The van der Waals surface area contributed by atoms with Gasteiger partial charge in [-0.25, -0.2) is 0 Å². The van der Waals surface area contributed by atoms with E-state index in [1.165, 1.54) is 4.90 Å². The summed E-state index contributed by atoms with van der Waals surface area (Å²) in [6, 6.07) is 0. The van der Waals surface area contributed by atoms with Gasteiger partial charge < -0.3 is 5.11 Å². The van der Waals surface area contributed by atoms with Crippen LogP contribution in [0.3, 0.4) is 0 Å². The monoisotopic (exact) mass is 279 g/mol. The maximum Gasteiger partial charge on any atom is 0.311 e. The largest absolute Gasteiger partial charge is 0.481 e. The molecule has 3 aliphatic rings. The van der Waals surface area contributed by atoms with Gasteiger partial charge in [-0.3, -0.25) is 19.3 Å². The molecule has 3 fully saturated rings. The maximum atomic E-state index is 12.6. The summed E-state index contributed by atoms with van der Waals surface area (Å²) in [6.07, 6.45) is 7.01. The number of hydrogen-bond donors (Lipinski definition) is 1. The van der Waals surface area contributed by atoms with Gasteiger partial charge in [0.05, 0.1) is 10.8 Å². The third kappa shape index (κ3) is 1.86. The summed E-state index contributed by atoms with van der Waals surface area (Å²) < 4.78 is 0. The van der Waals surface area contributed by atoms with Gasteiger partial charge in [0.15, 0.2) is 0 Å². The normalized spacial score (nSPS) is 27.7. The molecule has 2 saturated carbocycles. The summed E-state index contributed by atoms with van der Waals surface area (Å²) >= 11 is 0. The Hall–Kier alpha value is -1.39. The number of rotatable bonds is 3. The van der Waals surface area contributed by atoms with Crippen molar-refractivity contribution < 1.29 is 19.5 Å². The summed E-state index contributed by atoms with van der Waals surface area (Å²) in [5.41, 5.74) is -1.37. The van der Waals surface area contributed by atoms with Crippen molar-refractivity contribution in [2.45, 2.75) is 57.8 Å². The van der Waals surface area contributed by atoms with Gasteiger partial charge in [0.1, 0.15) is 0 Å². The van der Waals surface area contributed by atoms with E-state index in [-0.39, 0.29) is 18.4 Å². The molecule has 20 heavy (non-hydrogen) atoms. The van der Waals surface area contributed by atoms with Crippen LogP contribution in [0.4, 0.5) is 0 Å². The molecule has 0 radical (unpaired) electrons. The van der Waals surface area contributed by atoms with Crippen LogP contribution in [0.2, 0.25) is 0 Å². The van der Waals surface area contributed by atoms with Crippen LogP contribution < -0.4 is 0 Å². The first-order valence-corrected chi connectivity index (χ1v) is 7.57. The van der Waals surface area contributed by atoms with Crippen LogP contribution in [0.25, 0.3) is 0 Å². The molecule has 1 spiro atoms. The number of amides is 2. The first-order valence-electron chi connectivity index (χ1n) is 7.57. The fourth-order valence-corrected chi connectivity index (χ4v) is 3.99. The lowest BCUT2D eigenvalue weighted by Gasteiger charge is -2.40. The number of hydrogen-bond acceptors (Lipinski definition) is 3. The van der Waals surface area contributed by atoms with Crippen LogP contribution >= 0.6 is 0 Å². The van der Waals surface area contributed by atoms with Crippen LogP contribution in [-0.2, 0) is 14.4 Å². The highest BCUT2D eigenvalue weighted by Crippen LogP contribution is 2.48. The zero-order valence-electron chi connectivity index (χ0n) is 11.7. The lowest BCUT2D eigenvalue weighted by molar-refractivity contribution is -0.159. The average Bonchev–Trinajstić information content (AvgIpc) is 2.57. The molecule has 0 aromatic carbocycles. The minimum absolute atomic E-state index is 0.0851. The van der Waals surface area contributed by atoms with Crippen molar-refractivity contribution in [2.24, 2.45) is 10.8 Å². The fourth-order valence-electron chi connectivity index (χ4n) is 3.99. The molecule has 5 nitrogen and oxygen atoms in total. The zero-order chi connectivity index (χ0) is 14.4. The predicted octanol–water partition coefficient (Wildman–Crippen LogP) is 1.95. The standard InChI is InChI=1S/C15H21NO4/c17-11-9-14(5-2-1-3-6-14)12(18)16(11)10-15(13(19)20)7-4-8-15/h1-10H2,(H,19,20). The molecular weight excluding hydrogens is 258 g/mol. The second kappa shape index (κ2) is 4.57. The van der Waals surface area contributed by atoms with E-state index in [9.17, 15) is 19.5 Å². The summed E-state index contributed by atoms with van der Waals surface area (Å²) in [5.74, 6) is -1.13. The van der Waals surface area contributed by atoms with Crippen molar-refractivity contribution in [1.82, 2.24) is 4.90 Å². The number of carboxylic acids is 1. The van der Waals surface area contributed by atoms with E-state index in [1.807, 2.05) is 0 Å². The molecule has 0 unspecified atom stereocenters. The molecule has 1 heterocycles. The number of carboxylic acid groups (broad SMARTS) is 1. The van der Waals surface area contributed by atoms with Gasteiger partial charge in [-0.15, -0.1) is 0 Å². The molecule has 2 aliphatic carbocycles. The number of nitrogens with zero attached hydrogens (tertiary/aromatic N) is 1. The van der Waals surface area contributed by atoms with Gasteiger partial charge in [-0.2, -0.15) is 0 Å². The van der Waals surface area contributed by atoms with Gasteiger partial charge in [0.25, 0.3) is 0 Å². The van der Waals surface area contributed by atoms with Crippen molar-refractivity contribution in [3.8, 4) is 0 Å². The number of aliphatic carboxylic acids is 1. The third-order valence-corrected chi connectivity index (χ3v) is 5.53. The Morgan fingerprint density at radius 1 is 1.05 bits per heavy atom. The maximum absolute atomic E-state index is 12.6. The van der Waals surface area contributed by atoms with Crippen LogP contribution in [0.15, 0.2) is 0 Å². The molecule has 2 amide bonds. The van der Waals surface area contributed by atoms with Gasteiger partial charge >= 0.3 is 5.97 Å². The highest BCUT2D eigenvalue weighted by atomic mass is 16.4. The molecule has 0 atom stereocenters. The third-order valence-electron chi connectivity index (χ3n) is 5.53. The highest BCUT2D eigenvalue weighted by molar-refractivity contribution is 6.06. The molecule has 110 valence electrons. The number of carbonyl (C=O) groups is 3. The molecule has 1 aliphatic heterocycles. The minimum Gasteiger partial charge on any atom is -0.481 e. The van der Waals surface area contributed by atoms with Crippen LogP contribution in [-0.4, -0.2) is 34.3 Å². The first-order chi connectivity index (χ1) is 9.49. The topological polar surface area (TPSA) is 74.7 Å². The molecule has 1 saturated heterocycles. The van der Waals surface area contributed by atoms with Gasteiger partial charge in [0.2, 0.25) is 11.8 Å². The van der Waals surface area contributed by atoms with Crippen LogP contribution in [0.5, 0.6) is 0 Å². The first kappa shape index (κ1) is 13.6. The van der Waals surface area contributed by atoms with E-state index in [4.69, 9.17) is 0 Å². The van der Waals surface area contributed by atoms with E-state index < -0.39 is 16.8 Å². The van der Waals surface area contributed by atoms with Crippen LogP contribution in [0.1, 0.15) is 57.8 Å². The Bertz CT molecular complexity index is 460. The molecule has 0 aromatic rings. The van der Waals surface area contributed by atoms with Crippen molar-refractivity contribution in [3.63, 3.8) is 0 Å². The summed E-state index contributed by atoms with van der Waals surface area (Å²) in [7, 11) is 0. The minimum atomic E-state index is -0.870. The second-order valence-electron chi connectivity index (χ2n) is 6.74. The number of carbonyl (C=O) groups excluding carboxylic acids is 2. The van der Waals surface area contributed by atoms with Gasteiger partial charge in [-0.1, -0.05) is 25.7 Å². The van der Waals surface area contributed by atoms with E-state index in [2.05, 4.69) is 0 Å². The van der Waals surface area contributed by atoms with E-state index in [1.54, 1.807) is 0 Å². The Morgan fingerprint density at radius 2 is 1.70 bits per heavy atom. The fraction of sp³-hybridized carbons (Fsp3) is 0.800. The number of imide groups is 1. The summed E-state index contributed by atoms with van der Waals surface area (Å²) in [5, 5.41) is 9.37. The average molecular weight is 279 g/mol. The van der Waals surface area contributed by atoms with E-state index >= 15 is 0 Å². The van der Waals surface area contributed by atoms with Crippen molar-refractivity contribution in [2.75, 3.05) is 6.54 Å². The Morgan fingerprint density at radius 3 is 2.20 bits per heavy atom. The second-order valence-corrected chi connectivity index (χ2v) is 6.74. The van der Waals surface area contributed by atoms with Crippen molar-refractivity contribution in [1.29, 1.82) is 0 Å². The SMILES string of the molecule is O=C1CC2(CCCCC2)C(=O)N1CC1(C(=O)O)CCC1. The quantitative estimate of drug-likeness (QED) is 0.801. The summed E-state index contributed by atoms with van der Waals surface area (Å²) in [4.78, 5) is 37.5. The predicted molar refractivity (Wildman–Crippen MR) is 70.8 cm³/mol. The van der Waals surface area contributed by atoms with Crippen molar-refractivity contribution in [3.05, 3.63) is 0 Å². The van der Waals surface area contributed by atoms with E-state index in [0.29, 0.717) is 19.3 Å². The smallest absolute Gasteiger partial charge is 0.311 e. The zero-order valence-corrected chi connectivity index (χ0v) is 11.7.